The SMILES string of the molecule is COC(=O)C1=C(N)C[C@H]2c3cc(OC)c(OC)cc3CCN2C1.O=C(O[C@H](C(=O)O)[C@H](OC(=O)c1ccccc1)C(=O)O)c1ccccc1. The van der Waals surface area contributed by atoms with Crippen LogP contribution in [0.5, 0.6) is 11.5 Å². The lowest BCUT2D eigenvalue weighted by Gasteiger charge is -2.41. The van der Waals surface area contributed by atoms with Crippen molar-refractivity contribution in [1.82, 2.24) is 4.90 Å². The van der Waals surface area contributed by atoms with Gasteiger partial charge in [-0.05, 0) is 53.9 Å². The zero-order valence-electron chi connectivity index (χ0n) is 27.0. The first kappa shape index (κ1) is 36.0. The molecule has 0 amide bonds. The molecular weight excluding hydrogens is 640 g/mol. The van der Waals surface area contributed by atoms with Gasteiger partial charge in [-0.2, -0.15) is 0 Å². The third-order valence-electron chi connectivity index (χ3n) is 7.96. The Balaban J connectivity index is 0.000000222. The van der Waals surface area contributed by atoms with Crippen LogP contribution in [0.4, 0.5) is 0 Å². The lowest BCUT2D eigenvalue weighted by atomic mass is 9.86. The summed E-state index contributed by atoms with van der Waals surface area (Å²) in [7, 11) is 4.66. The number of carbonyl (C=O) groups is 5. The molecule has 49 heavy (non-hydrogen) atoms. The van der Waals surface area contributed by atoms with Gasteiger partial charge in [-0.3, -0.25) is 4.90 Å². The third-order valence-corrected chi connectivity index (χ3v) is 7.96. The minimum absolute atomic E-state index is 0.0253. The molecule has 2 aliphatic rings. The van der Waals surface area contributed by atoms with Crippen molar-refractivity contribution in [2.24, 2.45) is 5.73 Å². The van der Waals surface area contributed by atoms with E-state index in [-0.39, 0.29) is 23.1 Å². The summed E-state index contributed by atoms with van der Waals surface area (Å²) in [5.41, 5.74) is 9.82. The maximum absolute atomic E-state index is 12.0. The fourth-order valence-electron chi connectivity index (χ4n) is 5.46. The number of methoxy groups -OCH3 is 3. The largest absolute Gasteiger partial charge is 0.493 e. The maximum atomic E-state index is 12.0. The number of aliphatic carboxylic acids is 2. The van der Waals surface area contributed by atoms with Gasteiger partial charge in [-0.1, -0.05) is 36.4 Å². The smallest absolute Gasteiger partial charge is 0.349 e. The van der Waals surface area contributed by atoms with Crippen LogP contribution in [0.3, 0.4) is 0 Å². The second-order valence-electron chi connectivity index (χ2n) is 10.9. The molecule has 0 unspecified atom stereocenters. The number of carbonyl (C=O) groups excluding carboxylic acids is 3. The van der Waals surface area contributed by atoms with Gasteiger partial charge in [0.15, 0.2) is 11.5 Å². The van der Waals surface area contributed by atoms with Crippen molar-refractivity contribution in [3.8, 4) is 11.5 Å². The van der Waals surface area contributed by atoms with Crippen molar-refractivity contribution < 1.29 is 57.9 Å². The summed E-state index contributed by atoms with van der Waals surface area (Å²) < 4.78 is 25.2. The number of hydrogen-bond donors (Lipinski definition) is 3. The van der Waals surface area contributed by atoms with Crippen LogP contribution in [0.1, 0.15) is 44.3 Å². The van der Waals surface area contributed by atoms with Crippen molar-refractivity contribution in [3.63, 3.8) is 0 Å². The Labute approximate surface area is 281 Å². The number of carboxylic acids is 2. The van der Waals surface area contributed by atoms with Gasteiger partial charge in [0.1, 0.15) is 0 Å². The van der Waals surface area contributed by atoms with E-state index >= 15 is 0 Å². The molecule has 3 aromatic carbocycles. The van der Waals surface area contributed by atoms with Gasteiger partial charge < -0.3 is 39.6 Å². The molecule has 4 N–H and O–H groups in total. The summed E-state index contributed by atoms with van der Waals surface area (Å²) in [5, 5.41) is 18.5. The minimum atomic E-state index is -2.21. The second-order valence-corrected chi connectivity index (χ2v) is 10.9. The molecule has 0 aromatic heterocycles. The average Bonchev–Trinajstić information content (AvgIpc) is 3.12. The molecule has 14 nitrogen and oxygen atoms in total. The number of ether oxygens (including phenoxy) is 5. The van der Waals surface area contributed by atoms with Crippen LogP contribution in [0.25, 0.3) is 0 Å². The molecule has 258 valence electrons. The highest BCUT2D eigenvalue weighted by Crippen LogP contribution is 2.42. The Hall–Kier alpha value is -5.89. The van der Waals surface area contributed by atoms with Gasteiger partial charge in [-0.25, -0.2) is 24.0 Å². The van der Waals surface area contributed by atoms with Crippen LogP contribution in [0, 0.1) is 0 Å². The number of nitrogens with zero attached hydrogens (tertiary/aromatic N) is 1. The zero-order chi connectivity index (χ0) is 35.7. The molecule has 0 aliphatic carbocycles. The standard InChI is InChI=1S/C18H14O8.C17H22N2O4/c19-15(20)13(25-17(23)11-7-3-1-4-8-11)14(16(21)22)26-18(24)12-9-5-2-6-10-12;1-21-15-6-10-4-5-19-9-12(17(20)23-3)13(18)8-14(19)11(10)7-16(15)22-2/h1-10,13-14H,(H,19,20)(H,21,22);6-7,14H,4-5,8-9,18H2,1-3H3/t13-,14-;14-/m00/s1. The predicted molar refractivity (Wildman–Crippen MR) is 172 cm³/mol. The van der Waals surface area contributed by atoms with E-state index in [0.29, 0.717) is 24.2 Å². The highest BCUT2D eigenvalue weighted by molar-refractivity contribution is 5.95. The number of benzene rings is 3. The van der Waals surface area contributed by atoms with Gasteiger partial charge in [0.2, 0.25) is 12.2 Å². The molecule has 3 aromatic rings. The molecule has 0 bridgehead atoms. The topological polar surface area (TPSA) is 201 Å². The van der Waals surface area contributed by atoms with Crippen LogP contribution in [0.2, 0.25) is 0 Å². The Morgan fingerprint density at radius 2 is 1.24 bits per heavy atom. The van der Waals surface area contributed by atoms with Crippen LogP contribution < -0.4 is 15.2 Å². The van der Waals surface area contributed by atoms with E-state index in [4.69, 9.17) is 29.4 Å². The summed E-state index contributed by atoms with van der Waals surface area (Å²) in [6.45, 7) is 1.40. The minimum Gasteiger partial charge on any atom is -0.493 e. The Morgan fingerprint density at radius 1 is 0.755 bits per heavy atom. The molecular formula is C35H36N2O12. The Kier molecular flexibility index (Phi) is 11.9. The molecule has 0 saturated heterocycles. The number of hydrogen-bond acceptors (Lipinski definition) is 12. The van der Waals surface area contributed by atoms with Crippen LogP contribution in [-0.4, -0.2) is 91.6 Å². The van der Waals surface area contributed by atoms with Gasteiger partial charge in [-0.15, -0.1) is 0 Å². The van der Waals surface area contributed by atoms with Crippen molar-refractivity contribution >= 4 is 29.8 Å². The first-order valence-corrected chi connectivity index (χ1v) is 15.0. The molecule has 0 spiro atoms. The monoisotopic (exact) mass is 676 g/mol. The normalized spacial score (nSPS) is 16.3. The molecule has 5 rings (SSSR count). The molecule has 2 aliphatic heterocycles. The van der Waals surface area contributed by atoms with E-state index in [1.807, 2.05) is 12.1 Å². The molecule has 0 saturated carbocycles. The Morgan fingerprint density at radius 3 is 1.69 bits per heavy atom. The summed E-state index contributed by atoms with van der Waals surface area (Å²) in [6, 6.07) is 19.1. The molecule has 0 radical (unpaired) electrons. The second kappa shape index (κ2) is 16.3. The first-order valence-electron chi connectivity index (χ1n) is 15.0. The summed E-state index contributed by atoms with van der Waals surface area (Å²) in [6.07, 6.45) is -2.91. The van der Waals surface area contributed by atoms with E-state index in [1.165, 1.54) is 66.8 Å². The molecule has 14 heteroatoms. The van der Waals surface area contributed by atoms with E-state index in [1.54, 1.807) is 26.4 Å². The highest BCUT2D eigenvalue weighted by Gasteiger charge is 2.41. The van der Waals surface area contributed by atoms with Gasteiger partial charge >= 0.3 is 29.8 Å². The Bertz CT molecular complexity index is 1660. The quantitative estimate of drug-likeness (QED) is 0.209. The molecule has 3 atom stereocenters. The van der Waals surface area contributed by atoms with Gasteiger partial charge in [0.25, 0.3) is 0 Å². The number of esters is 3. The fraction of sp³-hybridized carbons (Fsp3) is 0.286. The van der Waals surface area contributed by atoms with Crippen LogP contribution in [-0.2, 0) is 35.0 Å². The summed E-state index contributed by atoms with van der Waals surface area (Å²) in [5.74, 6) is -4.51. The highest BCUT2D eigenvalue weighted by atomic mass is 16.6. The van der Waals surface area contributed by atoms with E-state index < -0.39 is 36.1 Å². The van der Waals surface area contributed by atoms with Crippen molar-refractivity contribution in [2.45, 2.75) is 31.1 Å². The van der Waals surface area contributed by atoms with Crippen molar-refractivity contribution in [3.05, 3.63) is 106 Å². The van der Waals surface area contributed by atoms with Crippen molar-refractivity contribution in [1.29, 1.82) is 0 Å². The first-order chi connectivity index (χ1) is 23.5. The number of rotatable bonds is 10. The maximum Gasteiger partial charge on any atom is 0.349 e. The summed E-state index contributed by atoms with van der Waals surface area (Å²) in [4.78, 5) is 61.0. The lowest BCUT2D eigenvalue weighted by Crippen LogP contribution is -2.45. The van der Waals surface area contributed by atoms with E-state index in [9.17, 15) is 34.2 Å². The van der Waals surface area contributed by atoms with Crippen LogP contribution >= 0.6 is 0 Å². The lowest BCUT2D eigenvalue weighted by molar-refractivity contribution is -0.166. The zero-order valence-corrected chi connectivity index (χ0v) is 27.0. The predicted octanol–water partition coefficient (Wildman–Crippen LogP) is 3.00. The number of nitrogens with two attached hydrogens (primary N) is 1. The van der Waals surface area contributed by atoms with E-state index in [2.05, 4.69) is 4.90 Å². The van der Waals surface area contributed by atoms with Crippen LogP contribution in [0.15, 0.2) is 84.1 Å². The number of fused-ring (bicyclic) bond motifs is 3. The van der Waals surface area contributed by atoms with Gasteiger partial charge in [0, 0.05) is 31.2 Å². The fourth-order valence-corrected chi connectivity index (χ4v) is 5.46. The van der Waals surface area contributed by atoms with E-state index in [0.717, 1.165) is 24.5 Å². The summed E-state index contributed by atoms with van der Waals surface area (Å²) >= 11 is 0. The average molecular weight is 677 g/mol. The molecule has 2 heterocycles. The van der Waals surface area contributed by atoms with Crippen molar-refractivity contribution in [2.75, 3.05) is 34.4 Å². The molecule has 0 fully saturated rings. The number of carboxylic acid groups (broad SMARTS) is 2. The third kappa shape index (κ3) is 8.53. The van der Waals surface area contributed by atoms with Gasteiger partial charge in [0.05, 0.1) is 38.0 Å².